The van der Waals surface area contributed by atoms with Crippen molar-refractivity contribution in [2.75, 3.05) is 0 Å². The van der Waals surface area contributed by atoms with Gasteiger partial charge in [0.2, 0.25) is 0 Å². The molecule has 0 fully saturated rings. The lowest BCUT2D eigenvalue weighted by Crippen LogP contribution is -2.13. The van der Waals surface area contributed by atoms with Crippen molar-refractivity contribution in [1.29, 1.82) is 0 Å². The molecule has 0 aliphatic carbocycles. The Hall–Kier alpha value is -1.01. The number of hydrogen-bond acceptors (Lipinski definition) is 4. The molecule has 1 rings (SSSR count). The van der Waals surface area contributed by atoms with Crippen LogP contribution in [0.4, 0.5) is 0 Å². The van der Waals surface area contributed by atoms with E-state index in [0.29, 0.717) is 0 Å². The van der Waals surface area contributed by atoms with Gasteiger partial charge in [-0.3, -0.25) is 4.79 Å². The number of carbonyl (C=O) groups excluding carboxylic acids is 2. The molecule has 9 heteroatoms. The number of hydrogen-bond donors (Lipinski definition) is 1. The van der Waals surface area contributed by atoms with E-state index in [0.717, 1.165) is 0 Å². The number of rotatable bonds is 3. The molecule has 0 saturated carbocycles. The van der Waals surface area contributed by atoms with Crippen LogP contribution in [0.2, 0.25) is 20.1 Å². The first-order valence-corrected chi connectivity index (χ1v) is 5.58. The first-order valence-electron chi connectivity index (χ1n) is 4.06. The Bertz CT molecular complexity index is 555. The van der Waals surface area contributed by atoms with Crippen LogP contribution in [-0.2, 0) is 9.53 Å². The topological polar surface area (TPSA) is 80.7 Å². The second-order valence-electron chi connectivity index (χ2n) is 2.81. The highest BCUT2D eigenvalue weighted by Gasteiger charge is 2.29. The third-order valence-corrected chi connectivity index (χ3v) is 3.64. The maximum Gasteiger partial charge on any atom is 0.348 e. The van der Waals surface area contributed by atoms with Crippen molar-refractivity contribution in [1.82, 2.24) is 0 Å². The third-order valence-electron chi connectivity index (χ3n) is 1.84. The van der Waals surface area contributed by atoms with Crippen LogP contribution in [0, 0.1) is 0 Å². The van der Waals surface area contributed by atoms with E-state index in [1.165, 1.54) is 0 Å². The van der Waals surface area contributed by atoms with Gasteiger partial charge in [0.05, 0.1) is 31.2 Å². The van der Waals surface area contributed by atoms with E-state index < -0.39 is 33.1 Å². The fourth-order valence-corrected chi connectivity index (χ4v) is 2.14. The van der Waals surface area contributed by atoms with Crippen LogP contribution in [0.3, 0.4) is 0 Å². The number of benzene rings is 1. The molecule has 0 atom stereocenters. The zero-order valence-corrected chi connectivity index (χ0v) is 11.2. The maximum absolute atomic E-state index is 11.4. The predicted molar refractivity (Wildman–Crippen MR) is 64.9 cm³/mol. The predicted octanol–water partition coefficient (Wildman–Crippen LogP) is 3.31. The number of carbonyl (C=O) groups is 3. The van der Waals surface area contributed by atoms with Gasteiger partial charge in [0.1, 0.15) is 0 Å². The van der Waals surface area contributed by atoms with Crippen molar-refractivity contribution in [2.45, 2.75) is 0 Å². The maximum atomic E-state index is 11.4. The lowest BCUT2D eigenvalue weighted by molar-refractivity contribution is -0.123. The van der Waals surface area contributed by atoms with E-state index in [2.05, 4.69) is 4.74 Å². The van der Waals surface area contributed by atoms with Crippen molar-refractivity contribution in [3.63, 3.8) is 0 Å². The molecule has 1 aromatic rings. The molecule has 0 spiro atoms. The van der Waals surface area contributed by atoms with Gasteiger partial charge in [0.25, 0.3) is 0 Å². The van der Waals surface area contributed by atoms with Crippen molar-refractivity contribution in [3.05, 3.63) is 31.2 Å². The smallest absolute Gasteiger partial charge is 0.348 e. The first-order chi connectivity index (χ1) is 8.32. The van der Waals surface area contributed by atoms with E-state index in [4.69, 9.17) is 51.5 Å². The Labute approximate surface area is 120 Å². The number of carboxylic acid groups (broad SMARTS) is 1. The number of halogens is 4. The van der Waals surface area contributed by atoms with Gasteiger partial charge in [-0.25, -0.2) is 9.59 Å². The van der Waals surface area contributed by atoms with Crippen molar-refractivity contribution >= 4 is 64.8 Å². The van der Waals surface area contributed by atoms with Crippen molar-refractivity contribution in [3.8, 4) is 0 Å². The number of ether oxygens (including phenoxy) is 1. The normalized spacial score (nSPS) is 10.0. The molecule has 18 heavy (non-hydrogen) atoms. The highest BCUT2D eigenvalue weighted by molar-refractivity contribution is 6.54. The Kier molecular flexibility index (Phi) is 4.81. The van der Waals surface area contributed by atoms with Gasteiger partial charge in [-0.05, 0) is 0 Å². The van der Waals surface area contributed by atoms with Crippen molar-refractivity contribution < 1.29 is 24.2 Å². The number of esters is 1. The average molecular weight is 332 g/mol. The fraction of sp³-hybridized carbons (Fsp3) is 0. The summed E-state index contributed by atoms with van der Waals surface area (Å²) in [5.74, 6) is -2.87. The third kappa shape index (κ3) is 2.54. The van der Waals surface area contributed by atoms with Crippen molar-refractivity contribution in [2.24, 2.45) is 0 Å². The molecule has 0 bridgehead atoms. The summed E-state index contributed by atoms with van der Waals surface area (Å²) in [6, 6.07) is 0. The monoisotopic (exact) mass is 330 g/mol. The zero-order valence-electron chi connectivity index (χ0n) is 8.17. The standard InChI is InChI=1S/C9H2Cl4O5/c10-4-2(8(15)16)3(9(17)18-1-14)5(11)7(13)6(4)12/h1H,(H,15,16). The minimum Gasteiger partial charge on any atom is -0.478 e. The van der Waals surface area contributed by atoms with Crippen LogP contribution in [0.5, 0.6) is 0 Å². The SMILES string of the molecule is O=COC(=O)c1c(Cl)c(Cl)c(Cl)c(Cl)c1C(=O)O. The molecule has 0 aromatic heterocycles. The minimum atomic E-state index is -1.57. The molecule has 1 N–H and O–H groups in total. The van der Waals surface area contributed by atoms with Gasteiger partial charge >= 0.3 is 18.4 Å². The highest BCUT2D eigenvalue weighted by atomic mass is 35.5. The van der Waals surface area contributed by atoms with E-state index in [-0.39, 0.29) is 16.5 Å². The van der Waals surface area contributed by atoms with Gasteiger partial charge in [0.15, 0.2) is 0 Å². The summed E-state index contributed by atoms with van der Waals surface area (Å²) in [6.07, 6.45) is 0. The van der Waals surface area contributed by atoms with Crippen LogP contribution in [0.25, 0.3) is 0 Å². The molecule has 96 valence electrons. The molecule has 0 amide bonds. The summed E-state index contributed by atoms with van der Waals surface area (Å²) in [5.41, 5.74) is -1.33. The quantitative estimate of drug-likeness (QED) is 0.302. The first kappa shape index (κ1) is 15.0. The number of carboxylic acids is 1. The van der Waals surface area contributed by atoms with Gasteiger partial charge in [-0.15, -0.1) is 0 Å². The Morgan fingerprint density at radius 2 is 1.39 bits per heavy atom. The Morgan fingerprint density at radius 1 is 0.944 bits per heavy atom. The molecule has 0 saturated heterocycles. The van der Waals surface area contributed by atoms with Crippen LogP contribution < -0.4 is 0 Å². The summed E-state index contributed by atoms with van der Waals surface area (Å²) < 4.78 is 4.02. The van der Waals surface area contributed by atoms with Gasteiger partial charge < -0.3 is 9.84 Å². The van der Waals surface area contributed by atoms with E-state index in [1.807, 2.05) is 0 Å². The van der Waals surface area contributed by atoms with Crippen LogP contribution in [-0.4, -0.2) is 23.5 Å². The highest BCUT2D eigenvalue weighted by Crippen LogP contribution is 2.41. The molecule has 0 aliphatic rings. The van der Waals surface area contributed by atoms with E-state index in [9.17, 15) is 14.4 Å². The van der Waals surface area contributed by atoms with Gasteiger partial charge in [-0.1, -0.05) is 46.4 Å². The fourth-order valence-electron chi connectivity index (χ4n) is 1.13. The van der Waals surface area contributed by atoms with Gasteiger partial charge in [0, 0.05) is 0 Å². The lowest BCUT2D eigenvalue weighted by atomic mass is 10.1. The summed E-state index contributed by atoms with van der Waals surface area (Å²) in [7, 11) is 0. The minimum absolute atomic E-state index is 0.180. The van der Waals surface area contributed by atoms with Crippen LogP contribution in [0.1, 0.15) is 20.7 Å². The molecule has 0 unspecified atom stereocenters. The molecular formula is C9H2Cl4O5. The lowest BCUT2D eigenvalue weighted by Gasteiger charge is -2.11. The summed E-state index contributed by atoms with van der Waals surface area (Å²) in [6.45, 7) is -0.180. The van der Waals surface area contributed by atoms with E-state index in [1.54, 1.807) is 0 Å². The average Bonchev–Trinajstić information content (AvgIpc) is 2.30. The Balaban J connectivity index is 3.71. The molecule has 0 aliphatic heterocycles. The summed E-state index contributed by atoms with van der Waals surface area (Å²) >= 11 is 22.7. The second-order valence-corrected chi connectivity index (χ2v) is 4.32. The molecule has 0 radical (unpaired) electrons. The second kappa shape index (κ2) is 5.75. The summed E-state index contributed by atoms with van der Waals surface area (Å²) in [4.78, 5) is 32.6. The molecule has 0 heterocycles. The molecular weight excluding hydrogens is 330 g/mol. The molecule has 1 aromatic carbocycles. The van der Waals surface area contributed by atoms with E-state index >= 15 is 0 Å². The van der Waals surface area contributed by atoms with Crippen LogP contribution in [0.15, 0.2) is 0 Å². The molecule has 5 nitrogen and oxygen atoms in total. The van der Waals surface area contributed by atoms with Gasteiger partial charge in [-0.2, -0.15) is 0 Å². The van der Waals surface area contributed by atoms with Crippen LogP contribution >= 0.6 is 46.4 Å². The Morgan fingerprint density at radius 3 is 1.78 bits per heavy atom. The zero-order chi connectivity index (χ0) is 14.0. The number of aromatic carboxylic acids is 1. The summed E-state index contributed by atoms with van der Waals surface area (Å²) in [5, 5.41) is 7.39. The largest absolute Gasteiger partial charge is 0.478 e.